The summed E-state index contributed by atoms with van der Waals surface area (Å²) in [5, 5.41) is 67.4. The fraction of sp³-hybridized carbons (Fsp3) is 0.231. The normalized spacial score (nSPS) is 9.47. The van der Waals surface area contributed by atoms with Crippen LogP contribution < -0.4 is 0 Å². The molecule has 0 radical (unpaired) electrons. The van der Waals surface area contributed by atoms with Crippen LogP contribution in [0.15, 0.2) is 60.7 Å². The molecule has 12 nitrogen and oxygen atoms in total. The quantitative estimate of drug-likeness (QED) is 0.194. The lowest BCUT2D eigenvalue weighted by Gasteiger charge is -2.01. The van der Waals surface area contributed by atoms with Gasteiger partial charge in [0, 0.05) is 13.2 Å². The van der Waals surface area contributed by atoms with Crippen LogP contribution in [0.4, 0.5) is 0 Å². The third-order valence-corrected chi connectivity index (χ3v) is 4.38. The minimum Gasteiger partial charge on any atom is -0.478 e. The SMILES string of the molecule is O=C(O)c1ccc(C(=O)O)cc1.O=C(O)c1ccc2cc(C(=O)O)ccc2c1.OCCCCO.OCCO. The van der Waals surface area contributed by atoms with E-state index in [0.717, 1.165) is 12.8 Å². The molecular formula is C26H30O12. The standard InChI is InChI=1S/C12H8O4.C8H6O4.C4H10O2.C2H6O2/c13-11(14)9-3-1-7-5-10(12(15)16)4-2-8(7)6-9;9-7(10)5-1-2-6(4-3-5)8(11)12;5-3-1-2-4-6;3-1-2-4/h1-6H,(H,13,14)(H,15,16);1-4H,(H,9,10)(H,11,12);5-6H,1-4H2;3-4H,1-2H2. The smallest absolute Gasteiger partial charge is 0.335 e. The van der Waals surface area contributed by atoms with Gasteiger partial charge in [0.2, 0.25) is 0 Å². The molecule has 3 aromatic rings. The molecule has 0 aliphatic heterocycles. The lowest BCUT2D eigenvalue weighted by molar-refractivity contribution is 0.0681. The van der Waals surface area contributed by atoms with Gasteiger partial charge < -0.3 is 40.9 Å². The number of aromatic carboxylic acids is 4. The van der Waals surface area contributed by atoms with E-state index in [0.29, 0.717) is 10.8 Å². The second kappa shape index (κ2) is 18.8. The second-order valence-corrected chi connectivity index (χ2v) is 7.18. The van der Waals surface area contributed by atoms with Crippen LogP contribution in [0.2, 0.25) is 0 Å². The van der Waals surface area contributed by atoms with Crippen LogP contribution in [-0.4, -0.2) is 91.2 Å². The van der Waals surface area contributed by atoms with Gasteiger partial charge in [0.25, 0.3) is 0 Å². The molecule has 3 rings (SSSR count). The lowest BCUT2D eigenvalue weighted by Crippen LogP contribution is -1.99. The highest BCUT2D eigenvalue weighted by Crippen LogP contribution is 2.18. The van der Waals surface area contributed by atoms with Crippen molar-refractivity contribution in [2.24, 2.45) is 0 Å². The van der Waals surface area contributed by atoms with Crippen molar-refractivity contribution in [1.29, 1.82) is 0 Å². The van der Waals surface area contributed by atoms with E-state index in [2.05, 4.69) is 0 Å². The van der Waals surface area contributed by atoms with Gasteiger partial charge in [-0.2, -0.15) is 0 Å². The first-order valence-corrected chi connectivity index (χ1v) is 11.0. The van der Waals surface area contributed by atoms with Crippen molar-refractivity contribution in [2.45, 2.75) is 12.8 Å². The van der Waals surface area contributed by atoms with Crippen molar-refractivity contribution < 1.29 is 60.0 Å². The maximum absolute atomic E-state index is 10.7. The molecule has 0 amide bonds. The molecule has 0 spiro atoms. The number of fused-ring (bicyclic) bond motifs is 1. The molecule has 0 atom stereocenters. The van der Waals surface area contributed by atoms with Crippen LogP contribution >= 0.6 is 0 Å². The van der Waals surface area contributed by atoms with Gasteiger partial charge >= 0.3 is 23.9 Å². The number of carboxylic acids is 4. The summed E-state index contributed by atoms with van der Waals surface area (Å²) < 4.78 is 0. The monoisotopic (exact) mass is 534 g/mol. The summed E-state index contributed by atoms with van der Waals surface area (Å²) in [6, 6.07) is 14.2. The van der Waals surface area contributed by atoms with E-state index in [9.17, 15) is 19.2 Å². The summed E-state index contributed by atoms with van der Waals surface area (Å²) in [5.41, 5.74) is 0.547. The van der Waals surface area contributed by atoms with E-state index < -0.39 is 23.9 Å². The van der Waals surface area contributed by atoms with E-state index in [4.69, 9.17) is 40.9 Å². The van der Waals surface area contributed by atoms with Crippen LogP contribution in [-0.2, 0) is 0 Å². The third-order valence-electron chi connectivity index (χ3n) is 4.38. The fourth-order valence-corrected chi connectivity index (χ4v) is 2.49. The zero-order valence-electron chi connectivity index (χ0n) is 20.2. The number of hydrogen-bond acceptors (Lipinski definition) is 8. The van der Waals surface area contributed by atoms with Crippen LogP contribution in [0.3, 0.4) is 0 Å². The Morgan fingerprint density at radius 3 is 0.895 bits per heavy atom. The van der Waals surface area contributed by atoms with Gasteiger partial charge in [-0.05, 0) is 72.1 Å². The molecule has 0 aliphatic carbocycles. The lowest BCUT2D eigenvalue weighted by atomic mass is 10.0. The first kappa shape index (κ1) is 33.6. The Morgan fingerprint density at radius 1 is 0.421 bits per heavy atom. The molecule has 0 heterocycles. The summed E-state index contributed by atoms with van der Waals surface area (Å²) in [4.78, 5) is 42.1. The van der Waals surface area contributed by atoms with E-state index >= 15 is 0 Å². The molecule has 0 aromatic heterocycles. The number of aliphatic hydroxyl groups is 4. The van der Waals surface area contributed by atoms with Gasteiger partial charge in [0.05, 0.1) is 35.5 Å². The number of aliphatic hydroxyl groups excluding tert-OH is 4. The minimum absolute atomic E-state index is 0.0833. The second-order valence-electron chi connectivity index (χ2n) is 7.18. The Bertz CT molecular complexity index is 1080. The maximum Gasteiger partial charge on any atom is 0.335 e. The zero-order chi connectivity index (χ0) is 29.1. The highest BCUT2D eigenvalue weighted by molar-refractivity contribution is 5.98. The number of carboxylic acid groups (broad SMARTS) is 4. The molecule has 206 valence electrons. The Balaban J connectivity index is 0.000000547. The summed E-state index contributed by atoms with van der Waals surface area (Å²) in [6.07, 6.45) is 1.44. The highest BCUT2D eigenvalue weighted by atomic mass is 16.4. The Hall–Kier alpha value is -4.36. The molecule has 38 heavy (non-hydrogen) atoms. The number of carbonyl (C=O) groups is 4. The number of hydrogen-bond donors (Lipinski definition) is 8. The summed E-state index contributed by atoms with van der Waals surface area (Å²) in [7, 11) is 0. The predicted molar refractivity (Wildman–Crippen MR) is 136 cm³/mol. The number of unbranched alkanes of at least 4 members (excludes halogenated alkanes) is 1. The average molecular weight is 535 g/mol. The topological polar surface area (TPSA) is 230 Å². The Kier molecular flexibility index (Phi) is 16.7. The molecule has 0 saturated heterocycles. The van der Waals surface area contributed by atoms with E-state index in [1.807, 2.05) is 0 Å². The van der Waals surface area contributed by atoms with Crippen molar-refractivity contribution >= 4 is 34.6 Å². The van der Waals surface area contributed by atoms with Gasteiger partial charge in [0.1, 0.15) is 0 Å². The van der Waals surface area contributed by atoms with E-state index in [1.54, 1.807) is 12.1 Å². The van der Waals surface area contributed by atoms with Crippen molar-refractivity contribution in [2.75, 3.05) is 26.4 Å². The fourth-order valence-electron chi connectivity index (χ4n) is 2.49. The van der Waals surface area contributed by atoms with E-state index in [-0.39, 0.29) is 48.7 Å². The summed E-state index contributed by atoms with van der Waals surface area (Å²) in [6.45, 7) is 0.140. The van der Waals surface area contributed by atoms with Crippen LogP contribution in [0.1, 0.15) is 54.3 Å². The highest BCUT2D eigenvalue weighted by Gasteiger charge is 2.07. The molecule has 0 unspecified atom stereocenters. The third kappa shape index (κ3) is 13.1. The largest absolute Gasteiger partial charge is 0.478 e. The van der Waals surface area contributed by atoms with Crippen molar-refractivity contribution in [3.8, 4) is 0 Å². The van der Waals surface area contributed by atoms with Gasteiger partial charge in [-0.1, -0.05) is 12.1 Å². The van der Waals surface area contributed by atoms with Crippen LogP contribution in [0, 0.1) is 0 Å². The summed E-state index contributed by atoms with van der Waals surface area (Å²) >= 11 is 0. The molecule has 8 N–H and O–H groups in total. The average Bonchev–Trinajstić information content (AvgIpc) is 2.92. The molecule has 12 heteroatoms. The zero-order valence-corrected chi connectivity index (χ0v) is 20.2. The molecule has 0 fully saturated rings. The molecule has 0 bridgehead atoms. The maximum atomic E-state index is 10.7. The molecule has 3 aromatic carbocycles. The number of benzene rings is 3. The predicted octanol–water partition coefficient (Wildman–Crippen LogP) is 2.04. The Labute approximate surface area is 217 Å². The van der Waals surface area contributed by atoms with Gasteiger partial charge in [-0.3, -0.25) is 0 Å². The minimum atomic E-state index is -1.06. The van der Waals surface area contributed by atoms with Crippen LogP contribution in [0.25, 0.3) is 10.8 Å². The van der Waals surface area contributed by atoms with Gasteiger partial charge in [-0.15, -0.1) is 0 Å². The van der Waals surface area contributed by atoms with Gasteiger partial charge in [0.15, 0.2) is 0 Å². The van der Waals surface area contributed by atoms with Crippen LogP contribution in [0.5, 0.6) is 0 Å². The molecule has 0 aliphatic rings. The summed E-state index contributed by atoms with van der Waals surface area (Å²) in [5.74, 6) is -4.12. The van der Waals surface area contributed by atoms with Crippen molar-refractivity contribution in [3.05, 3.63) is 82.9 Å². The van der Waals surface area contributed by atoms with Gasteiger partial charge in [-0.25, -0.2) is 19.2 Å². The Morgan fingerprint density at radius 2 is 0.684 bits per heavy atom. The van der Waals surface area contributed by atoms with E-state index in [1.165, 1.54) is 48.5 Å². The molecular weight excluding hydrogens is 504 g/mol. The first-order chi connectivity index (χ1) is 18.0. The number of rotatable bonds is 8. The first-order valence-electron chi connectivity index (χ1n) is 11.0. The molecule has 0 saturated carbocycles. The van der Waals surface area contributed by atoms with Crippen molar-refractivity contribution in [3.63, 3.8) is 0 Å². The van der Waals surface area contributed by atoms with Crippen molar-refractivity contribution in [1.82, 2.24) is 0 Å².